The highest BCUT2D eigenvalue weighted by Crippen LogP contribution is 2.38. The van der Waals surface area contributed by atoms with Gasteiger partial charge in [-0.2, -0.15) is 0 Å². The molecule has 0 saturated heterocycles. The van der Waals surface area contributed by atoms with Gasteiger partial charge in [-0.15, -0.1) is 0 Å². The number of carboxylic acids is 1. The van der Waals surface area contributed by atoms with Crippen LogP contribution in [-0.2, 0) is 14.3 Å². The number of aryl methyl sites for hydroxylation is 1. The topological polar surface area (TPSA) is 75.6 Å². The number of carbonyl (C=O) groups is 2. The Morgan fingerprint density at radius 1 is 1.05 bits per heavy atom. The fourth-order valence-corrected chi connectivity index (χ4v) is 2.75. The van der Waals surface area contributed by atoms with Gasteiger partial charge in [-0.1, -0.05) is 29.8 Å². The molecule has 1 aliphatic rings. The Morgan fingerprint density at radius 2 is 1.59 bits per heavy atom. The molecule has 1 aliphatic heterocycles. The lowest BCUT2D eigenvalue weighted by atomic mass is 9.80. The van der Waals surface area contributed by atoms with Crippen LogP contribution in [0.1, 0.15) is 30.9 Å². The van der Waals surface area contributed by atoms with Crippen LogP contribution in [0, 0.1) is 6.92 Å². The predicted molar refractivity (Wildman–Crippen MR) is 82.1 cm³/mol. The van der Waals surface area contributed by atoms with Gasteiger partial charge in [0.1, 0.15) is 0 Å². The molecule has 2 rings (SSSR count). The van der Waals surface area contributed by atoms with E-state index in [1.807, 2.05) is 31.2 Å². The minimum absolute atomic E-state index is 0.162. The van der Waals surface area contributed by atoms with Gasteiger partial charge in [0.05, 0.1) is 24.2 Å². The smallest absolute Gasteiger partial charge is 0.336 e. The second-order valence-electron chi connectivity index (χ2n) is 5.34. The molecule has 0 fully saturated rings. The number of allylic oxidation sites excluding steroid dienone is 2. The number of dihydropyridines is 1. The molecule has 5 nitrogen and oxygen atoms in total. The van der Waals surface area contributed by atoms with Crippen LogP contribution in [0.15, 0.2) is 46.8 Å². The summed E-state index contributed by atoms with van der Waals surface area (Å²) in [6, 6.07) is 7.49. The number of rotatable bonds is 3. The third-order valence-corrected chi connectivity index (χ3v) is 3.81. The van der Waals surface area contributed by atoms with E-state index in [2.05, 4.69) is 5.32 Å². The average molecular weight is 301 g/mol. The van der Waals surface area contributed by atoms with Gasteiger partial charge in [0.15, 0.2) is 0 Å². The maximum Gasteiger partial charge on any atom is 0.336 e. The Balaban J connectivity index is 2.66. The first-order valence-corrected chi connectivity index (χ1v) is 6.93. The number of methoxy groups -OCH3 is 1. The predicted octanol–water partition coefficient (Wildman–Crippen LogP) is 2.49. The summed E-state index contributed by atoms with van der Waals surface area (Å²) in [6.45, 7) is 5.39. The van der Waals surface area contributed by atoms with Crippen molar-refractivity contribution < 1.29 is 19.4 Å². The van der Waals surface area contributed by atoms with E-state index < -0.39 is 17.9 Å². The first kappa shape index (κ1) is 15.8. The Hall–Kier alpha value is -2.56. The van der Waals surface area contributed by atoms with E-state index in [-0.39, 0.29) is 5.57 Å². The highest BCUT2D eigenvalue weighted by molar-refractivity contribution is 5.99. The normalized spacial score (nSPS) is 18.1. The van der Waals surface area contributed by atoms with E-state index >= 15 is 0 Å². The molecule has 1 aromatic rings. The molecular formula is C17H19NO4. The second-order valence-corrected chi connectivity index (χ2v) is 5.34. The van der Waals surface area contributed by atoms with Gasteiger partial charge in [0.2, 0.25) is 0 Å². The minimum atomic E-state index is -1.05. The van der Waals surface area contributed by atoms with Crippen LogP contribution in [0.5, 0.6) is 0 Å². The lowest BCUT2D eigenvalue weighted by Gasteiger charge is -2.29. The van der Waals surface area contributed by atoms with Gasteiger partial charge < -0.3 is 15.2 Å². The number of carbonyl (C=O) groups excluding carboxylic acids is 1. The Bertz CT molecular complexity index is 683. The number of esters is 1. The zero-order valence-corrected chi connectivity index (χ0v) is 13.1. The van der Waals surface area contributed by atoms with Crippen LogP contribution in [0.4, 0.5) is 0 Å². The van der Waals surface area contributed by atoms with E-state index in [1.165, 1.54) is 7.11 Å². The summed E-state index contributed by atoms with van der Waals surface area (Å²) in [5.41, 5.74) is 3.45. The molecule has 0 saturated carbocycles. The highest BCUT2D eigenvalue weighted by atomic mass is 16.5. The number of carboxylic acid groups (broad SMARTS) is 1. The fraction of sp³-hybridized carbons (Fsp3) is 0.294. The molecule has 1 unspecified atom stereocenters. The molecule has 22 heavy (non-hydrogen) atoms. The maximum atomic E-state index is 12.2. The lowest BCUT2D eigenvalue weighted by molar-refractivity contribution is -0.136. The SMILES string of the molecule is COC(=O)C1=C(C)NC(C)=C(C(=O)O)C1c1ccc(C)cc1. The standard InChI is InChI=1S/C17H19NO4/c1-9-5-7-12(8-6-9)15-13(16(19)20)10(2)18-11(3)14(15)17(21)22-4/h5-8,15,18H,1-4H3,(H,19,20). The van der Waals surface area contributed by atoms with Crippen molar-refractivity contribution in [2.45, 2.75) is 26.7 Å². The van der Waals surface area contributed by atoms with Crippen molar-refractivity contribution in [2.75, 3.05) is 7.11 Å². The molecule has 0 bridgehead atoms. The molecule has 0 amide bonds. The molecule has 2 N–H and O–H groups in total. The summed E-state index contributed by atoms with van der Waals surface area (Å²) in [5, 5.41) is 12.5. The third kappa shape index (κ3) is 2.74. The number of ether oxygens (including phenoxy) is 1. The van der Waals surface area contributed by atoms with E-state index in [0.29, 0.717) is 17.0 Å². The van der Waals surface area contributed by atoms with Gasteiger partial charge in [-0.3, -0.25) is 0 Å². The van der Waals surface area contributed by atoms with E-state index in [0.717, 1.165) is 11.1 Å². The van der Waals surface area contributed by atoms with Gasteiger partial charge in [-0.05, 0) is 26.3 Å². The molecule has 1 heterocycles. The molecule has 0 radical (unpaired) electrons. The quantitative estimate of drug-likeness (QED) is 0.839. The van der Waals surface area contributed by atoms with Crippen molar-refractivity contribution in [2.24, 2.45) is 0 Å². The second kappa shape index (κ2) is 6.05. The van der Waals surface area contributed by atoms with Crippen molar-refractivity contribution in [1.29, 1.82) is 0 Å². The first-order chi connectivity index (χ1) is 10.4. The summed E-state index contributed by atoms with van der Waals surface area (Å²) < 4.78 is 4.85. The van der Waals surface area contributed by atoms with Crippen molar-refractivity contribution in [3.63, 3.8) is 0 Å². The summed E-state index contributed by atoms with van der Waals surface area (Å²) >= 11 is 0. The third-order valence-electron chi connectivity index (χ3n) is 3.81. The van der Waals surface area contributed by atoms with Gasteiger partial charge in [-0.25, -0.2) is 9.59 Å². The number of nitrogens with one attached hydrogen (secondary N) is 1. The van der Waals surface area contributed by atoms with Crippen molar-refractivity contribution in [3.05, 3.63) is 57.9 Å². The molecule has 5 heteroatoms. The summed E-state index contributed by atoms with van der Waals surface area (Å²) in [7, 11) is 1.29. The highest BCUT2D eigenvalue weighted by Gasteiger charge is 2.36. The van der Waals surface area contributed by atoms with Gasteiger partial charge in [0, 0.05) is 11.4 Å². The number of benzene rings is 1. The van der Waals surface area contributed by atoms with Crippen molar-refractivity contribution in [1.82, 2.24) is 5.32 Å². The zero-order chi connectivity index (χ0) is 16.4. The number of hydrogen-bond acceptors (Lipinski definition) is 4. The van der Waals surface area contributed by atoms with Crippen LogP contribution in [0.25, 0.3) is 0 Å². The summed E-state index contributed by atoms with van der Waals surface area (Å²) in [6.07, 6.45) is 0. The lowest BCUT2D eigenvalue weighted by Crippen LogP contribution is -2.31. The van der Waals surface area contributed by atoms with Gasteiger partial charge in [0.25, 0.3) is 0 Å². The van der Waals surface area contributed by atoms with Crippen LogP contribution in [0.3, 0.4) is 0 Å². The fourth-order valence-electron chi connectivity index (χ4n) is 2.75. The van der Waals surface area contributed by atoms with Gasteiger partial charge >= 0.3 is 11.9 Å². The van der Waals surface area contributed by atoms with Crippen LogP contribution in [0.2, 0.25) is 0 Å². The molecule has 116 valence electrons. The molecule has 1 atom stereocenters. The van der Waals surface area contributed by atoms with E-state index in [4.69, 9.17) is 4.74 Å². The van der Waals surface area contributed by atoms with Crippen LogP contribution >= 0.6 is 0 Å². The Labute approximate surface area is 129 Å². The van der Waals surface area contributed by atoms with Crippen molar-refractivity contribution >= 4 is 11.9 Å². The van der Waals surface area contributed by atoms with Crippen LogP contribution < -0.4 is 5.32 Å². The molecule has 0 aromatic heterocycles. The summed E-state index contributed by atoms with van der Waals surface area (Å²) in [4.78, 5) is 23.9. The average Bonchev–Trinajstić information content (AvgIpc) is 2.46. The molecule has 0 spiro atoms. The van der Waals surface area contributed by atoms with Crippen molar-refractivity contribution in [3.8, 4) is 0 Å². The van der Waals surface area contributed by atoms with E-state index in [9.17, 15) is 14.7 Å². The monoisotopic (exact) mass is 301 g/mol. The molecule has 1 aromatic carbocycles. The Morgan fingerprint density at radius 3 is 2.09 bits per heavy atom. The Kier molecular flexibility index (Phi) is 4.35. The minimum Gasteiger partial charge on any atom is -0.478 e. The van der Waals surface area contributed by atoms with E-state index in [1.54, 1.807) is 13.8 Å². The zero-order valence-electron chi connectivity index (χ0n) is 13.1. The molecular weight excluding hydrogens is 282 g/mol. The summed E-state index contributed by atoms with van der Waals surface area (Å²) in [5.74, 6) is -2.22. The molecule has 0 aliphatic carbocycles. The first-order valence-electron chi connectivity index (χ1n) is 6.93. The largest absolute Gasteiger partial charge is 0.478 e. The maximum absolute atomic E-state index is 12.2. The number of aliphatic carboxylic acids is 1. The number of hydrogen-bond donors (Lipinski definition) is 2. The van der Waals surface area contributed by atoms with Crippen LogP contribution in [-0.4, -0.2) is 24.2 Å².